The predicted molar refractivity (Wildman–Crippen MR) is 82.4 cm³/mol. The van der Waals surface area contributed by atoms with Crippen LogP contribution >= 0.6 is 0 Å². The van der Waals surface area contributed by atoms with Crippen LogP contribution in [0.15, 0.2) is 0 Å². The molecule has 0 aromatic heterocycles. The van der Waals surface area contributed by atoms with Crippen molar-refractivity contribution < 1.29 is 8.85 Å². The molecule has 2 nitrogen and oxygen atoms in total. The third-order valence-electron chi connectivity index (χ3n) is 5.48. The maximum Gasteiger partial charge on any atom is 0.334 e. The van der Waals surface area contributed by atoms with Crippen LogP contribution in [0.2, 0.25) is 12.6 Å². The van der Waals surface area contributed by atoms with Crippen LogP contribution in [0.1, 0.15) is 52.9 Å². The number of fused-ring (bicyclic) bond motifs is 2. The summed E-state index contributed by atoms with van der Waals surface area (Å²) in [6, 6.07) is 1.17. The molecular weight excluding hydrogens is 252 g/mol. The lowest BCUT2D eigenvalue weighted by Gasteiger charge is -2.31. The highest BCUT2D eigenvalue weighted by molar-refractivity contribution is 6.66. The molecule has 112 valence electrons. The fourth-order valence-electron chi connectivity index (χ4n) is 4.49. The van der Waals surface area contributed by atoms with Gasteiger partial charge in [-0.2, -0.15) is 0 Å². The molecule has 0 aromatic carbocycles. The minimum Gasteiger partial charge on any atom is -0.395 e. The molecular formula is C16H32O2Si. The van der Waals surface area contributed by atoms with Crippen LogP contribution < -0.4 is 0 Å². The monoisotopic (exact) mass is 284 g/mol. The van der Waals surface area contributed by atoms with Gasteiger partial charge in [-0.1, -0.05) is 13.3 Å². The maximum absolute atomic E-state index is 5.96. The highest BCUT2D eigenvalue weighted by Crippen LogP contribution is 2.51. The molecule has 19 heavy (non-hydrogen) atoms. The minimum atomic E-state index is -1.88. The second kappa shape index (κ2) is 6.73. The first-order chi connectivity index (χ1) is 9.08. The molecule has 0 amide bonds. The van der Waals surface area contributed by atoms with Crippen molar-refractivity contribution in [2.45, 2.75) is 65.5 Å². The third kappa shape index (κ3) is 3.83. The Bertz CT molecular complexity index is 276. The Labute approximate surface area is 120 Å². The molecule has 2 rings (SSSR count). The quantitative estimate of drug-likeness (QED) is 0.607. The molecule has 2 aliphatic carbocycles. The van der Waals surface area contributed by atoms with E-state index in [-0.39, 0.29) is 0 Å². The molecule has 0 saturated heterocycles. The molecule has 0 aliphatic heterocycles. The van der Waals surface area contributed by atoms with E-state index in [9.17, 15) is 0 Å². The standard InChI is InChI=1S/C16H32O2Si/c1-5-17-19(4,18-6-2)10-9-13(3)16-12-14-7-8-15(16)11-14/h13-16H,5-12H2,1-4H3. The van der Waals surface area contributed by atoms with Crippen LogP contribution in [-0.2, 0) is 8.85 Å². The Kier molecular flexibility index (Phi) is 5.50. The van der Waals surface area contributed by atoms with Crippen molar-refractivity contribution in [1.29, 1.82) is 0 Å². The summed E-state index contributed by atoms with van der Waals surface area (Å²) in [5.41, 5.74) is 0. The molecule has 2 fully saturated rings. The zero-order valence-electron chi connectivity index (χ0n) is 13.3. The molecule has 4 atom stereocenters. The van der Waals surface area contributed by atoms with E-state index < -0.39 is 8.56 Å². The second-order valence-electron chi connectivity index (χ2n) is 6.85. The highest BCUT2D eigenvalue weighted by atomic mass is 28.4. The molecule has 2 saturated carbocycles. The van der Waals surface area contributed by atoms with Gasteiger partial charge in [0, 0.05) is 13.2 Å². The van der Waals surface area contributed by atoms with Gasteiger partial charge in [0.05, 0.1) is 0 Å². The topological polar surface area (TPSA) is 18.5 Å². The van der Waals surface area contributed by atoms with Gasteiger partial charge in [0.1, 0.15) is 0 Å². The van der Waals surface area contributed by atoms with E-state index in [0.717, 1.165) is 36.9 Å². The zero-order chi connectivity index (χ0) is 13.9. The van der Waals surface area contributed by atoms with Crippen LogP contribution in [0.5, 0.6) is 0 Å². The van der Waals surface area contributed by atoms with Crippen LogP contribution in [-0.4, -0.2) is 21.8 Å². The van der Waals surface area contributed by atoms with Crippen LogP contribution in [0.25, 0.3) is 0 Å². The normalized spacial score (nSPS) is 31.9. The van der Waals surface area contributed by atoms with Gasteiger partial charge in [0.25, 0.3) is 0 Å². The molecule has 4 unspecified atom stereocenters. The average Bonchev–Trinajstić information content (AvgIpc) is 2.99. The first-order valence-corrected chi connectivity index (χ1v) is 10.9. The predicted octanol–water partition coefficient (Wildman–Crippen LogP) is 4.59. The summed E-state index contributed by atoms with van der Waals surface area (Å²) in [6.07, 6.45) is 7.36. The van der Waals surface area contributed by atoms with Crippen molar-refractivity contribution in [1.82, 2.24) is 0 Å². The molecule has 2 bridgehead atoms. The van der Waals surface area contributed by atoms with Crippen LogP contribution in [0.4, 0.5) is 0 Å². The van der Waals surface area contributed by atoms with Crippen molar-refractivity contribution in [3.8, 4) is 0 Å². The zero-order valence-corrected chi connectivity index (χ0v) is 14.3. The molecule has 2 aliphatic rings. The lowest BCUT2D eigenvalue weighted by Crippen LogP contribution is -2.39. The molecule has 0 heterocycles. The van der Waals surface area contributed by atoms with Crippen molar-refractivity contribution in [3.63, 3.8) is 0 Å². The van der Waals surface area contributed by atoms with Crippen LogP contribution in [0.3, 0.4) is 0 Å². The van der Waals surface area contributed by atoms with Gasteiger partial charge in [-0.05, 0) is 75.8 Å². The van der Waals surface area contributed by atoms with Crippen molar-refractivity contribution in [3.05, 3.63) is 0 Å². The van der Waals surface area contributed by atoms with Gasteiger partial charge in [-0.3, -0.25) is 0 Å². The van der Waals surface area contributed by atoms with Gasteiger partial charge in [-0.15, -0.1) is 0 Å². The van der Waals surface area contributed by atoms with Gasteiger partial charge < -0.3 is 8.85 Å². The second-order valence-corrected chi connectivity index (χ2v) is 10.2. The summed E-state index contributed by atoms with van der Waals surface area (Å²) in [5, 5.41) is 0. The van der Waals surface area contributed by atoms with Crippen molar-refractivity contribution >= 4 is 8.56 Å². The summed E-state index contributed by atoms with van der Waals surface area (Å²) in [7, 11) is -1.88. The lowest BCUT2D eigenvalue weighted by atomic mass is 9.79. The Morgan fingerprint density at radius 2 is 1.79 bits per heavy atom. The Morgan fingerprint density at radius 3 is 2.26 bits per heavy atom. The number of hydrogen-bond donors (Lipinski definition) is 0. The number of hydrogen-bond acceptors (Lipinski definition) is 2. The maximum atomic E-state index is 5.96. The molecule has 0 aromatic rings. The lowest BCUT2D eigenvalue weighted by molar-refractivity contribution is 0.179. The average molecular weight is 285 g/mol. The van der Waals surface area contributed by atoms with Crippen molar-refractivity contribution in [2.75, 3.05) is 13.2 Å². The smallest absolute Gasteiger partial charge is 0.334 e. The summed E-state index contributed by atoms with van der Waals surface area (Å²) < 4.78 is 11.9. The van der Waals surface area contributed by atoms with Gasteiger partial charge in [0.2, 0.25) is 0 Å². The van der Waals surface area contributed by atoms with Gasteiger partial charge in [0.15, 0.2) is 0 Å². The highest BCUT2D eigenvalue weighted by Gasteiger charge is 2.42. The fraction of sp³-hybridized carbons (Fsp3) is 1.00. The first kappa shape index (κ1) is 15.5. The summed E-state index contributed by atoms with van der Waals surface area (Å²) in [5.74, 6) is 3.98. The largest absolute Gasteiger partial charge is 0.395 e. The Morgan fingerprint density at radius 1 is 1.11 bits per heavy atom. The molecule has 3 heteroatoms. The Balaban J connectivity index is 1.80. The van der Waals surface area contributed by atoms with E-state index in [1.807, 2.05) is 0 Å². The van der Waals surface area contributed by atoms with Gasteiger partial charge in [-0.25, -0.2) is 0 Å². The first-order valence-electron chi connectivity index (χ1n) is 8.36. The van der Waals surface area contributed by atoms with E-state index in [0.29, 0.717) is 0 Å². The van der Waals surface area contributed by atoms with Crippen LogP contribution in [0, 0.1) is 23.7 Å². The molecule has 0 N–H and O–H groups in total. The van der Waals surface area contributed by atoms with Crippen molar-refractivity contribution in [2.24, 2.45) is 23.7 Å². The molecule has 0 radical (unpaired) electrons. The fourth-order valence-corrected chi connectivity index (χ4v) is 7.06. The number of rotatable bonds is 8. The summed E-state index contributed by atoms with van der Waals surface area (Å²) in [4.78, 5) is 0. The molecule has 0 spiro atoms. The third-order valence-corrected chi connectivity index (χ3v) is 8.47. The minimum absolute atomic E-state index is 0.797. The van der Waals surface area contributed by atoms with E-state index in [1.54, 1.807) is 0 Å². The van der Waals surface area contributed by atoms with E-state index in [2.05, 4.69) is 27.3 Å². The summed E-state index contributed by atoms with van der Waals surface area (Å²) >= 11 is 0. The SMILES string of the molecule is CCO[Si](C)(CCC(C)C1CC2CCC1C2)OCC. The van der Waals surface area contributed by atoms with Gasteiger partial charge >= 0.3 is 8.56 Å². The van der Waals surface area contributed by atoms with E-state index >= 15 is 0 Å². The Hall–Kier alpha value is 0.137. The summed E-state index contributed by atoms with van der Waals surface area (Å²) in [6.45, 7) is 10.5. The van der Waals surface area contributed by atoms with E-state index in [1.165, 1.54) is 38.1 Å². The van der Waals surface area contributed by atoms with E-state index in [4.69, 9.17) is 8.85 Å².